The quantitative estimate of drug-likeness (QED) is 0.715. The molecule has 1 aromatic carbocycles. The highest BCUT2D eigenvalue weighted by atomic mass is 16.5. The van der Waals surface area contributed by atoms with Crippen molar-refractivity contribution in [2.24, 2.45) is 5.92 Å². The number of rotatable bonds is 6. The van der Waals surface area contributed by atoms with Crippen LogP contribution < -0.4 is 0 Å². The predicted octanol–water partition coefficient (Wildman–Crippen LogP) is 3.46. The van der Waals surface area contributed by atoms with Crippen molar-refractivity contribution < 1.29 is 9.53 Å². The van der Waals surface area contributed by atoms with Gasteiger partial charge in [0.1, 0.15) is 0 Å². The summed E-state index contributed by atoms with van der Waals surface area (Å²) in [6.07, 6.45) is 7.81. The first-order valence-corrected chi connectivity index (χ1v) is 11.8. The summed E-state index contributed by atoms with van der Waals surface area (Å²) in [5.41, 5.74) is 1.41. The van der Waals surface area contributed by atoms with Gasteiger partial charge in [-0.2, -0.15) is 0 Å². The van der Waals surface area contributed by atoms with E-state index in [9.17, 15) is 4.79 Å². The van der Waals surface area contributed by atoms with E-state index < -0.39 is 5.60 Å². The molecule has 5 rings (SSSR count). The molecule has 2 atom stereocenters. The van der Waals surface area contributed by atoms with Gasteiger partial charge in [-0.1, -0.05) is 36.8 Å². The number of hydrogen-bond acceptors (Lipinski definition) is 4. The summed E-state index contributed by atoms with van der Waals surface area (Å²) in [6.45, 7) is 8.75. The Kier molecular flexibility index (Phi) is 5.61. The summed E-state index contributed by atoms with van der Waals surface area (Å²) in [7, 11) is 0. The summed E-state index contributed by atoms with van der Waals surface area (Å²) in [6, 6.07) is 10.8. The van der Waals surface area contributed by atoms with E-state index in [1.165, 1.54) is 24.8 Å². The summed E-state index contributed by atoms with van der Waals surface area (Å²) in [4.78, 5) is 23.1. The van der Waals surface area contributed by atoms with E-state index in [1.54, 1.807) is 0 Å². The number of aromatic nitrogens is 2. The van der Waals surface area contributed by atoms with Crippen molar-refractivity contribution in [1.29, 1.82) is 0 Å². The summed E-state index contributed by atoms with van der Waals surface area (Å²) in [5.74, 6) is 0.790. The van der Waals surface area contributed by atoms with Gasteiger partial charge < -0.3 is 14.2 Å². The largest absolute Gasteiger partial charge is 0.361 e. The highest BCUT2D eigenvalue weighted by Crippen LogP contribution is 2.42. The molecule has 1 saturated carbocycles. The van der Waals surface area contributed by atoms with Gasteiger partial charge in [-0.25, -0.2) is 4.98 Å². The van der Waals surface area contributed by atoms with E-state index in [4.69, 9.17) is 9.72 Å². The molecule has 31 heavy (non-hydrogen) atoms. The first kappa shape index (κ1) is 20.7. The number of imidazole rings is 1. The SMILES string of the molecule is CC(C)n1cnc(C2CN(Cc3ccccc3)CC23OCCN(CC2CCC2)C3=O)c1. The van der Waals surface area contributed by atoms with Gasteiger partial charge in [-0.15, -0.1) is 0 Å². The third-order valence-corrected chi connectivity index (χ3v) is 7.36. The molecule has 1 spiro atoms. The minimum absolute atomic E-state index is 0.0482. The lowest BCUT2D eigenvalue weighted by Gasteiger charge is -2.44. The molecule has 3 aliphatic rings. The molecule has 3 fully saturated rings. The zero-order chi connectivity index (χ0) is 21.4. The number of benzene rings is 1. The fourth-order valence-corrected chi connectivity index (χ4v) is 5.32. The molecule has 2 unspecified atom stereocenters. The van der Waals surface area contributed by atoms with Crippen LogP contribution in [0.3, 0.4) is 0 Å². The van der Waals surface area contributed by atoms with E-state index in [-0.39, 0.29) is 11.8 Å². The lowest BCUT2D eigenvalue weighted by atomic mass is 9.82. The topological polar surface area (TPSA) is 50.6 Å². The zero-order valence-electron chi connectivity index (χ0n) is 18.7. The first-order valence-electron chi connectivity index (χ1n) is 11.8. The summed E-state index contributed by atoms with van der Waals surface area (Å²) in [5, 5.41) is 0. The van der Waals surface area contributed by atoms with Crippen molar-refractivity contribution in [3.63, 3.8) is 0 Å². The van der Waals surface area contributed by atoms with Gasteiger partial charge in [-0.3, -0.25) is 9.69 Å². The molecule has 1 amide bonds. The van der Waals surface area contributed by atoms with Gasteiger partial charge in [0.2, 0.25) is 0 Å². The van der Waals surface area contributed by atoms with Crippen LogP contribution in [-0.4, -0.2) is 63.6 Å². The van der Waals surface area contributed by atoms with Crippen molar-refractivity contribution in [2.45, 2.75) is 57.2 Å². The second kappa shape index (κ2) is 8.40. The summed E-state index contributed by atoms with van der Waals surface area (Å²) < 4.78 is 8.55. The lowest BCUT2D eigenvalue weighted by molar-refractivity contribution is -0.173. The highest BCUT2D eigenvalue weighted by Gasteiger charge is 2.57. The molecule has 0 radical (unpaired) electrons. The lowest BCUT2D eigenvalue weighted by Crippen LogP contribution is -2.61. The van der Waals surface area contributed by atoms with E-state index >= 15 is 0 Å². The molecular weight excluding hydrogens is 388 g/mol. The smallest absolute Gasteiger partial charge is 0.257 e. The number of carbonyl (C=O) groups excluding carboxylic acids is 1. The van der Waals surface area contributed by atoms with Crippen LogP contribution in [0.2, 0.25) is 0 Å². The van der Waals surface area contributed by atoms with Gasteiger partial charge in [0.05, 0.1) is 24.5 Å². The van der Waals surface area contributed by atoms with Crippen molar-refractivity contribution in [1.82, 2.24) is 19.4 Å². The van der Waals surface area contributed by atoms with Gasteiger partial charge in [-0.05, 0) is 38.2 Å². The maximum atomic E-state index is 13.9. The van der Waals surface area contributed by atoms with Crippen LogP contribution in [0.4, 0.5) is 0 Å². The number of ether oxygens (including phenoxy) is 1. The third-order valence-electron chi connectivity index (χ3n) is 7.36. The number of morpholine rings is 1. The molecule has 6 heteroatoms. The van der Waals surface area contributed by atoms with E-state index in [1.807, 2.05) is 12.4 Å². The van der Waals surface area contributed by atoms with Crippen molar-refractivity contribution >= 4 is 5.91 Å². The average Bonchev–Trinajstić information content (AvgIpc) is 3.34. The van der Waals surface area contributed by atoms with E-state index in [0.717, 1.165) is 25.3 Å². The third kappa shape index (κ3) is 3.92. The van der Waals surface area contributed by atoms with E-state index in [0.29, 0.717) is 31.7 Å². The molecule has 1 aromatic heterocycles. The van der Waals surface area contributed by atoms with Crippen LogP contribution in [0, 0.1) is 5.92 Å². The normalized spacial score (nSPS) is 27.4. The van der Waals surface area contributed by atoms with E-state index in [2.05, 4.69) is 58.7 Å². The number of nitrogens with zero attached hydrogens (tertiary/aromatic N) is 4. The predicted molar refractivity (Wildman–Crippen MR) is 120 cm³/mol. The molecule has 3 heterocycles. The maximum absolute atomic E-state index is 13.9. The molecule has 1 aliphatic carbocycles. The van der Waals surface area contributed by atoms with Crippen LogP contribution in [0.25, 0.3) is 0 Å². The van der Waals surface area contributed by atoms with Crippen LogP contribution in [0.15, 0.2) is 42.9 Å². The molecule has 2 saturated heterocycles. The Morgan fingerprint density at radius 1 is 1.23 bits per heavy atom. The zero-order valence-corrected chi connectivity index (χ0v) is 18.7. The summed E-state index contributed by atoms with van der Waals surface area (Å²) >= 11 is 0. The standard InChI is InChI=1S/C25H34N4O2/c1-19(2)29-16-23(26-18-29)22-15-27(13-20-7-4-3-5-8-20)17-25(22)24(30)28(11-12-31-25)14-21-9-6-10-21/h3-5,7-8,16,18-19,21-22H,6,9-15,17H2,1-2H3. The van der Waals surface area contributed by atoms with Crippen LogP contribution >= 0.6 is 0 Å². The van der Waals surface area contributed by atoms with Gasteiger partial charge in [0.15, 0.2) is 5.60 Å². The van der Waals surface area contributed by atoms with Gasteiger partial charge in [0, 0.05) is 45.0 Å². The Bertz CT molecular complexity index is 907. The van der Waals surface area contributed by atoms with Crippen LogP contribution in [0.1, 0.15) is 56.3 Å². The maximum Gasteiger partial charge on any atom is 0.257 e. The number of hydrogen-bond donors (Lipinski definition) is 0. The minimum Gasteiger partial charge on any atom is -0.361 e. The highest BCUT2D eigenvalue weighted by molar-refractivity contribution is 5.88. The number of likely N-dealkylation sites (tertiary alicyclic amines) is 1. The Labute approximate surface area is 185 Å². The molecular formula is C25H34N4O2. The Hall–Kier alpha value is -2.18. The van der Waals surface area contributed by atoms with Crippen LogP contribution in [0.5, 0.6) is 0 Å². The van der Waals surface area contributed by atoms with Crippen LogP contribution in [-0.2, 0) is 16.1 Å². The van der Waals surface area contributed by atoms with Gasteiger partial charge in [0.25, 0.3) is 5.91 Å². The monoisotopic (exact) mass is 422 g/mol. The molecule has 0 N–H and O–H groups in total. The Morgan fingerprint density at radius 2 is 2.03 bits per heavy atom. The van der Waals surface area contributed by atoms with Crippen molar-refractivity contribution in [3.8, 4) is 0 Å². The Morgan fingerprint density at radius 3 is 2.71 bits per heavy atom. The number of amides is 1. The van der Waals surface area contributed by atoms with Gasteiger partial charge >= 0.3 is 0 Å². The average molecular weight is 423 g/mol. The fourth-order valence-electron chi connectivity index (χ4n) is 5.32. The first-order chi connectivity index (χ1) is 15.0. The molecule has 166 valence electrons. The number of carbonyl (C=O) groups is 1. The molecule has 0 bridgehead atoms. The second-order valence-corrected chi connectivity index (χ2v) is 9.83. The fraction of sp³-hybridized carbons (Fsp3) is 0.600. The van der Waals surface area contributed by atoms with Crippen molar-refractivity contribution in [2.75, 3.05) is 32.8 Å². The van der Waals surface area contributed by atoms with Crippen molar-refractivity contribution in [3.05, 3.63) is 54.1 Å². The second-order valence-electron chi connectivity index (χ2n) is 9.83. The Balaban J connectivity index is 1.44. The molecule has 2 aromatic rings. The molecule has 6 nitrogen and oxygen atoms in total. The molecule has 2 aliphatic heterocycles. The minimum atomic E-state index is -0.826.